The molecule has 0 bridgehead atoms. The van der Waals surface area contributed by atoms with Gasteiger partial charge >= 0.3 is 5.97 Å². The van der Waals surface area contributed by atoms with Gasteiger partial charge in [-0.2, -0.15) is 0 Å². The molecule has 1 aliphatic carbocycles. The number of carboxylic acid groups (broad SMARTS) is 1. The number of hydrogen-bond acceptors (Lipinski definition) is 1. The molecule has 0 unspecified atom stereocenters. The van der Waals surface area contributed by atoms with Crippen LogP contribution in [0, 0.1) is 11.3 Å². The number of alkyl halides is 2. The van der Waals surface area contributed by atoms with Gasteiger partial charge in [0, 0.05) is 6.42 Å². The normalized spacial score (nSPS) is 31.9. The van der Waals surface area contributed by atoms with Crippen molar-refractivity contribution in [2.45, 2.75) is 51.9 Å². The summed E-state index contributed by atoms with van der Waals surface area (Å²) in [6, 6.07) is 0. The van der Waals surface area contributed by atoms with Crippen LogP contribution in [0.15, 0.2) is 0 Å². The number of rotatable bonds is 4. The maximum atomic E-state index is 12.3. The molecule has 0 aliphatic heterocycles. The summed E-state index contributed by atoms with van der Waals surface area (Å²) in [6.07, 6.45) is 0.379. The van der Waals surface area contributed by atoms with Gasteiger partial charge in [-0.3, -0.25) is 4.79 Å². The van der Waals surface area contributed by atoms with E-state index in [2.05, 4.69) is 6.92 Å². The van der Waals surface area contributed by atoms with Gasteiger partial charge in [0.2, 0.25) is 6.43 Å². The second-order valence-corrected chi connectivity index (χ2v) is 4.53. The monoisotopic (exact) mass is 220 g/mol. The first-order valence-corrected chi connectivity index (χ1v) is 5.51. The zero-order chi connectivity index (χ0) is 11.5. The van der Waals surface area contributed by atoms with Gasteiger partial charge in [-0.05, 0) is 31.6 Å². The summed E-state index contributed by atoms with van der Waals surface area (Å²) in [5.41, 5.74) is -1.15. The Morgan fingerprint density at radius 3 is 2.33 bits per heavy atom. The number of carboxylic acids is 1. The molecule has 0 saturated heterocycles. The Kier molecular flexibility index (Phi) is 4.05. The number of hydrogen-bond donors (Lipinski definition) is 1. The molecule has 15 heavy (non-hydrogen) atoms. The molecule has 0 radical (unpaired) electrons. The van der Waals surface area contributed by atoms with Crippen molar-refractivity contribution in [3.8, 4) is 0 Å². The van der Waals surface area contributed by atoms with Gasteiger partial charge in [-0.25, -0.2) is 8.78 Å². The molecule has 0 aromatic rings. The molecule has 0 spiro atoms. The Hall–Kier alpha value is -0.670. The fourth-order valence-corrected chi connectivity index (χ4v) is 2.44. The summed E-state index contributed by atoms with van der Waals surface area (Å²) in [7, 11) is 0. The Labute approximate surface area is 88.7 Å². The highest BCUT2D eigenvalue weighted by molar-refractivity contribution is 5.74. The minimum Gasteiger partial charge on any atom is -0.481 e. The maximum absolute atomic E-state index is 12.3. The van der Waals surface area contributed by atoms with E-state index in [1.165, 1.54) is 0 Å². The first kappa shape index (κ1) is 12.4. The third-order valence-corrected chi connectivity index (χ3v) is 3.64. The number of carbonyl (C=O) groups is 1. The molecule has 1 rings (SSSR count). The van der Waals surface area contributed by atoms with Crippen molar-refractivity contribution in [1.82, 2.24) is 0 Å². The Morgan fingerprint density at radius 1 is 1.47 bits per heavy atom. The summed E-state index contributed by atoms with van der Waals surface area (Å²) in [5, 5.41) is 9.06. The highest BCUT2D eigenvalue weighted by Crippen LogP contribution is 2.44. The first-order valence-electron chi connectivity index (χ1n) is 5.51. The van der Waals surface area contributed by atoms with Crippen LogP contribution in [-0.4, -0.2) is 17.5 Å². The third-order valence-electron chi connectivity index (χ3n) is 3.64. The van der Waals surface area contributed by atoms with Crippen LogP contribution in [0.5, 0.6) is 0 Å². The Morgan fingerprint density at radius 2 is 2.00 bits per heavy atom. The van der Waals surface area contributed by atoms with Crippen molar-refractivity contribution in [3.63, 3.8) is 0 Å². The van der Waals surface area contributed by atoms with Gasteiger partial charge in [0.25, 0.3) is 0 Å². The smallest absolute Gasteiger partial charge is 0.309 e. The molecule has 1 N–H and O–H groups in total. The van der Waals surface area contributed by atoms with E-state index in [1.807, 2.05) is 0 Å². The second kappa shape index (κ2) is 4.90. The van der Waals surface area contributed by atoms with E-state index in [1.54, 1.807) is 0 Å². The predicted molar refractivity (Wildman–Crippen MR) is 52.9 cm³/mol. The summed E-state index contributed by atoms with van der Waals surface area (Å²) in [4.78, 5) is 11.1. The van der Waals surface area contributed by atoms with Crippen molar-refractivity contribution in [2.24, 2.45) is 11.3 Å². The molecule has 0 atom stereocenters. The minimum absolute atomic E-state index is 0.408. The van der Waals surface area contributed by atoms with Crippen LogP contribution >= 0.6 is 0 Å². The van der Waals surface area contributed by atoms with Crippen molar-refractivity contribution in [2.75, 3.05) is 0 Å². The van der Waals surface area contributed by atoms with Gasteiger partial charge in [0.05, 0.1) is 5.41 Å². The van der Waals surface area contributed by atoms with Crippen LogP contribution in [0.1, 0.15) is 45.4 Å². The first-order chi connectivity index (χ1) is 7.00. The van der Waals surface area contributed by atoms with Gasteiger partial charge in [0.15, 0.2) is 0 Å². The molecule has 0 heterocycles. The van der Waals surface area contributed by atoms with Crippen LogP contribution in [0.25, 0.3) is 0 Å². The molecule has 0 aromatic carbocycles. The highest BCUT2D eigenvalue weighted by atomic mass is 19.3. The molecule has 88 valence electrons. The molecule has 0 amide bonds. The van der Waals surface area contributed by atoms with Crippen LogP contribution in [0.2, 0.25) is 0 Å². The number of aliphatic carboxylic acids is 1. The molecular weight excluding hydrogens is 202 g/mol. The fraction of sp³-hybridized carbons (Fsp3) is 0.909. The lowest BCUT2D eigenvalue weighted by atomic mass is 9.68. The average molecular weight is 220 g/mol. The molecular formula is C11H18F2O2. The van der Waals surface area contributed by atoms with Crippen LogP contribution in [0.3, 0.4) is 0 Å². The van der Waals surface area contributed by atoms with E-state index >= 15 is 0 Å². The standard InChI is InChI=1S/C11H18F2O2/c1-2-8-3-5-11(6-4-8,10(14)15)7-9(12)13/h8-9H,2-7H2,1H3,(H,14,15). The zero-order valence-electron chi connectivity index (χ0n) is 9.01. The second-order valence-electron chi connectivity index (χ2n) is 4.53. The molecule has 1 fully saturated rings. The van der Waals surface area contributed by atoms with Crippen molar-refractivity contribution < 1.29 is 18.7 Å². The Bertz CT molecular complexity index is 221. The zero-order valence-corrected chi connectivity index (χ0v) is 9.01. The fourth-order valence-electron chi connectivity index (χ4n) is 2.44. The van der Waals surface area contributed by atoms with Gasteiger partial charge in [-0.15, -0.1) is 0 Å². The third kappa shape index (κ3) is 2.89. The summed E-state index contributed by atoms with van der Waals surface area (Å²) in [5.74, 6) is -0.521. The quantitative estimate of drug-likeness (QED) is 0.789. The summed E-state index contributed by atoms with van der Waals surface area (Å²) < 4.78 is 24.7. The maximum Gasteiger partial charge on any atom is 0.309 e. The van der Waals surface area contributed by atoms with Crippen molar-refractivity contribution in [3.05, 3.63) is 0 Å². The van der Waals surface area contributed by atoms with Crippen LogP contribution in [-0.2, 0) is 4.79 Å². The van der Waals surface area contributed by atoms with Gasteiger partial charge in [0.1, 0.15) is 0 Å². The SMILES string of the molecule is CCC1CCC(CC(F)F)(C(=O)O)CC1. The van der Waals surface area contributed by atoms with E-state index in [9.17, 15) is 13.6 Å². The van der Waals surface area contributed by atoms with E-state index in [-0.39, 0.29) is 0 Å². The van der Waals surface area contributed by atoms with Gasteiger partial charge in [-0.1, -0.05) is 13.3 Å². The average Bonchev–Trinajstić information content (AvgIpc) is 2.17. The minimum atomic E-state index is -2.51. The highest BCUT2D eigenvalue weighted by Gasteiger charge is 2.43. The lowest BCUT2D eigenvalue weighted by molar-refractivity contribution is -0.154. The van der Waals surface area contributed by atoms with E-state index in [0.717, 1.165) is 19.3 Å². The lowest BCUT2D eigenvalue weighted by Crippen LogP contribution is -2.37. The molecule has 0 aromatic heterocycles. The molecule has 1 aliphatic rings. The molecule has 4 heteroatoms. The van der Waals surface area contributed by atoms with Crippen LogP contribution in [0.4, 0.5) is 8.78 Å². The Balaban J connectivity index is 2.65. The van der Waals surface area contributed by atoms with Crippen LogP contribution < -0.4 is 0 Å². The van der Waals surface area contributed by atoms with Crippen molar-refractivity contribution in [1.29, 1.82) is 0 Å². The molecule has 1 saturated carbocycles. The van der Waals surface area contributed by atoms with E-state index in [4.69, 9.17) is 5.11 Å². The lowest BCUT2D eigenvalue weighted by Gasteiger charge is -2.36. The van der Waals surface area contributed by atoms with E-state index < -0.39 is 24.2 Å². The van der Waals surface area contributed by atoms with Gasteiger partial charge < -0.3 is 5.11 Å². The number of halogens is 2. The summed E-state index contributed by atoms with van der Waals surface area (Å²) >= 11 is 0. The van der Waals surface area contributed by atoms with Crippen molar-refractivity contribution >= 4 is 5.97 Å². The topological polar surface area (TPSA) is 37.3 Å². The molecule has 2 nitrogen and oxygen atoms in total. The largest absolute Gasteiger partial charge is 0.481 e. The summed E-state index contributed by atoms with van der Waals surface area (Å²) in [6.45, 7) is 2.06. The van der Waals surface area contributed by atoms with E-state index in [0.29, 0.717) is 18.8 Å². The predicted octanol–water partition coefficient (Wildman–Crippen LogP) is 3.31.